The van der Waals surface area contributed by atoms with E-state index < -0.39 is 5.60 Å². The van der Waals surface area contributed by atoms with Crippen LogP contribution in [0.3, 0.4) is 0 Å². The Morgan fingerprint density at radius 2 is 1.61 bits per heavy atom. The van der Waals surface area contributed by atoms with Crippen molar-refractivity contribution in [1.82, 2.24) is 0 Å². The Labute approximate surface area is 217 Å². The van der Waals surface area contributed by atoms with Crippen molar-refractivity contribution in [2.24, 2.45) is 0 Å². The molecule has 0 saturated heterocycles. The predicted octanol–water partition coefficient (Wildman–Crippen LogP) is 7.47. The number of benzene rings is 3. The van der Waals surface area contributed by atoms with Crippen molar-refractivity contribution in [3.8, 4) is 5.75 Å². The zero-order valence-electron chi connectivity index (χ0n) is 22.6. The molecule has 3 aromatic rings. The summed E-state index contributed by atoms with van der Waals surface area (Å²) in [5.41, 5.74) is 5.41. The van der Waals surface area contributed by atoms with Crippen LogP contribution < -0.4 is 10.1 Å². The lowest BCUT2D eigenvalue weighted by molar-refractivity contribution is -0.167. The summed E-state index contributed by atoms with van der Waals surface area (Å²) in [7, 11) is 0. The average Bonchev–Trinajstić information content (AvgIpc) is 2.84. The van der Waals surface area contributed by atoms with Crippen molar-refractivity contribution in [3.05, 3.63) is 95.1 Å². The highest BCUT2D eigenvalue weighted by Gasteiger charge is 2.45. The predicted molar refractivity (Wildman–Crippen MR) is 148 cm³/mol. The van der Waals surface area contributed by atoms with Crippen LogP contribution in [0.15, 0.2) is 72.8 Å². The molecule has 1 heterocycles. The van der Waals surface area contributed by atoms with Gasteiger partial charge in [0.2, 0.25) is 0 Å². The molecule has 0 saturated carbocycles. The van der Waals surface area contributed by atoms with E-state index >= 15 is 0 Å². The number of fused-ring (bicyclic) bond motifs is 1. The molecule has 0 aromatic heterocycles. The fourth-order valence-electron chi connectivity index (χ4n) is 4.75. The molecule has 0 fully saturated rings. The van der Waals surface area contributed by atoms with E-state index in [1.807, 2.05) is 12.1 Å². The zero-order valence-corrected chi connectivity index (χ0v) is 22.6. The molecule has 1 aliphatic rings. The molecule has 0 amide bonds. The lowest BCUT2D eigenvalue weighted by Crippen LogP contribution is -2.51. The van der Waals surface area contributed by atoms with Crippen molar-refractivity contribution in [1.29, 1.82) is 0 Å². The fourth-order valence-corrected chi connectivity index (χ4v) is 4.75. The molecule has 2 atom stereocenters. The summed E-state index contributed by atoms with van der Waals surface area (Å²) in [6, 6.07) is 25.5. The van der Waals surface area contributed by atoms with Crippen LogP contribution in [0.4, 0.5) is 5.69 Å². The van der Waals surface area contributed by atoms with Gasteiger partial charge in [0.05, 0.1) is 13.2 Å². The minimum Gasteiger partial charge on any atom is -0.485 e. The lowest BCUT2D eigenvalue weighted by Gasteiger charge is -2.44. The molecule has 2 unspecified atom stereocenters. The highest BCUT2D eigenvalue weighted by atomic mass is 16.6. The third-order valence-electron chi connectivity index (χ3n) is 6.81. The van der Waals surface area contributed by atoms with Crippen LogP contribution >= 0.6 is 0 Å². The molecule has 0 spiro atoms. The van der Waals surface area contributed by atoms with Crippen LogP contribution in [0.2, 0.25) is 0 Å². The Bertz CT molecular complexity index is 1120. The fraction of sp³-hybridized carbons (Fsp3) is 0.438. The molecule has 4 nitrogen and oxygen atoms in total. The quantitative estimate of drug-likeness (QED) is 0.340. The van der Waals surface area contributed by atoms with Crippen molar-refractivity contribution < 1.29 is 14.2 Å². The van der Waals surface area contributed by atoms with E-state index in [9.17, 15) is 0 Å². The summed E-state index contributed by atoms with van der Waals surface area (Å²) in [4.78, 5) is 0. The Morgan fingerprint density at radius 1 is 0.889 bits per heavy atom. The zero-order chi connectivity index (χ0) is 25.8. The van der Waals surface area contributed by atoms with Crippen LogP contribution in [0.1, 0.15) is 69.9 Å². The Kier molecular flexibility index (Phi) is 8.07. The lowest BCUT2D eigenvalue weighted by atomic mass is 9.86. The van der Waals surface area contributed by atoms with Gasteiger partial charge in [-0.25, -0.2) is 0 Å². The maximum absolute atomic E-state index is 6.61. The van der Waals surface area contributed by atoms with Gasteiger partial charge in [-0.1, -0.05) is 75.4 Å². The summed E-state index contributed by atoms with van der Waals surface area (Å²) in [5, 5.41) is 3.42. The molecule has 1 N–H and O–H groups in total. The van der Waals surface area contributed by atoms with Crippen molar-refractivity contribution in [2.45, 2.75) is 77.8 Å². The molecule has 0 bridgehead atoms. The minimum atomic E-state index is -0.546. The number of nitrogens with one attached hydrogen (secondary N) is 1. The van der Waals surface area contributed by atoms with Crippen LogP contribution in [-0.2, 0) is 27.9 Å². The van der Waals surface area contributed by atoms with Gasteiger partial charge in [-0.15, -0.1) is 0 Å². The highest BCUT2D eigenvalue weighted by Crippen LogP contribution is 2.44. The largest absolute Gasteiger partial charge is 0.485 e. The van der Waals surface area contributed by atoms with E-state index in [0.717, 1.165) is 35.5 Å². The molecule has 3 aromatic carbocycles. The van der Waals surface area contributed by atoms with E-state index in [-0.39, 0.29) is 17.6 Å². The molecule has 0 radical (unpaired) electrons. The van der Waals surface area contributed by atoms with Gasteiger partial charge >= 0.3 is 0 Å². The van der Waals surface area contributed by atoms with Gasteiger partial charge in [0.1, 0.15) is 23.6 Å². The topological polar surface area (TPSA) is 39.7 Å². The third kappa shape index (κ3) is 6.29. The van der Waals surface area contributed by atoms with Gasteiger partial charge in [0.25, 0.3) is 0 Å². The van der Waals surface area contributed by atoms with Crippen molar-refractivity contribution in [2.75, 3.05) is 18.5 Å². The van der Waals surface area contributed by atoms with Gasteiger partial charge in [-0.05, 0) is 67.5 Å². The van der Waals surface area contributed by atoms with E-state index in [0.29, 0.717) is 13.2 Å². The van der Waals surface area contributed by atoms with Crippen molar-refractivity contribution >= 4 is 5.69 Å². The number of ether oxygens (including phenoxy) is 3. The standard InChI is InChI=1S/C32H41NO3/c1-7-33-26-17-18-28-27(21-26)29(34-20-19-23-11-9-8-10-12-23)30(32(5,6)36-28)35-22-24-13-15-25(16-14-24)31(2,3)4/h8-18,21,29-30,33H,7,19-20,22H2,1-6H3. The maximum atomic E-state index is 6.61. The van der Waals surface area contributed by atoms with Gasteiger partial charge in [0, 0.05) is 17.8 Å². The van der Waals surface area contributed by atoms with Gasteiger partial charge < -0.3 is 19.5 Å². The molecule has 192 valence electrons. The minimum absolute atomic E-state index is 0.129. The first kappa shape index (κ1) is 26.2. The second-order valence-electron chi connectivity index (χ2n) is 11.2. The molecule has 0 aliphatic carbocycles. The summed E-state index contributed by atoms with van der Waals surface area (Å²) < 4.78 is 19.7. The Balaban J connectivity index is 1.57. The average molecular weight is 488 g/mol. The Morgan fingerprint density at radius 3 is 2.28 bits per heavy atom. The smallest absolute Gasteiger partial charge is 0.132 e. The van der Waals surface area contributed by atoms with Gasteiger partial charge in [0.15, 0.2) is 0 Å². The monoisotopic (exact) mass is 487 g/mol. The van der Waals surface area contributed by atoms with Crippen LogP contribution in [0, 0.1) is 0 Å². The number of anilines is 1. The molecule has 1 aliphatic heterocycles. The summed E-state index contributed by atoms with van der Waals surface area (Å²) >= 11 is 0. The van der Waals surface area contributed by atoms with E-state index in [1.165, 1.54) is 11.1 Å². The summed E-state index contributed by atoms with van der Waals surface area (Å²) in [6.45, 7) is 15.0. The first-order chi connectivity index (χ1) is 17.2. The van der Waals surface area contributed by atoms with Crippen molar-refractivity contribution in [3.63, 3.8) is 0 Å². The second-order valence-corrected chi connectivity index (χ2v) is 11.2. The van der Waals surface area contributed by atoms with Gasteiger partial charge in [-0.2, -0.15) is 0 Å². The molecule has 4 heteroatoms. The van der Waals surface area contributed by atoms with Gasteiger partial charge in [-0.3, -0.25) is 0 Å². The maximum Gasteiger partial charge on any atom is 0.132 e. The third-order valence-corrected chi connectivity index (χ3v) is 6.81. The van der Waals surface area contributed by atoms with Crippen LogP contribution in [0.5, 0.6) is 5.75 Å². The first-order valence-electron chi connectivity index (χ1n) is 13.1. The normalized spacial score (nSPS) is 18.8. The first-order valence-corrected chi connectivity index (χ1v) is 13.1. The SMILES string of the molecule is CCNc1ccc2c(c1)C(OCCc1ccccc1)C(OCc1ccc(C(C)(C)C)cc1)C(C)(C)O2. The highest BCUT2D eigenvalue weighted by molar-refractivity contribution is 5.53. The number of hydrogen-bond acceptors (Lipinski definition) is 4. The van der Waals surface area contributed by atoms with Crippen LogP contribution in [-0.4, -0.2) is 24.9 Å². The molecular weight excluding hydrogens is 446 g/mol. The van der Waals surface area contributed by atoms with E-state index in [2.05, 4.69) is 108 Å². The molecule has 36 heavy (non-hydrogen) atoms. The number of rotatable bonds is 9. The molecular formula is C32H41NO3. The second kappa shape index (κ2) is 11.1. The Hall–Kier alpha value is -2.82. The summed E-state index contributed by atoms with van der Waals surface area (Å²) in [6.07, 6.45) is 0.349. The number of hydrogen-bond donors (Lipinski definition) is 1. The van der Waals surface area contributed by atoms with E-state index in [4.69, 9.17) is 14.2 Å². The molecule has 4 rings (SSSR count). The van der Waals surface area contributed by atoms with Crippen LogP contribution in [0.25, 0.3) is 0 Å². The van der Waals surface area contributed by atoms with E-state index in [1.54, 1.807) is 0 Å². The summed E-state index contributed by atoms with van der Waals surface area (Å²) in [5.74, 6) is 0.862.